The van der Waals surface area contributed by atoms with Crippen molar-refractivity contribution in [1.29, 1.82) is 0 Å². The van der Waals surface area contributed by atoms with Crippen LogP contribution in [-0.4, -0.2) is 33.3 Å². The van der Waals surface area contributed by atoms with Crippen molar-refractivity contribution in [3.8, 4) is 0 Å². The fourth-order valence-electron chi connectivity index (χ4n) is 1.93. The van der Waals surface area contributed by atoms with Gasteiger partial charge < -0.3 is 4.90 Å². The Bertz CT molecular complexity index is 628. The Hall–Kier alpha value is -1.81. The Morgan fingerprint density at radius 1 is 1.39 bits per heavy atom. The molecule has 0 N–H and O–H groups in total. The van der Waals surface area contributed by atoms with Gasteiger partial charge in [-0.3, -0.25) is 9.20 Å². The normalized spacial score (nSPS) is 15.3. The standard InChI is InChI=1S/C13H12ClN3O/c14-13-10(5-6-12(18)16-7-3-8-16)17-9-2-1-4-11(17)15-13/h1-2,4-6,9H,3,7-8H2. The summed E-state index contributed by atoms with van der Waals surface area (Å²) in [6, 6.07) is 5.68. The molecule has 0 radical (unpaired) electrons. The average Bonchev–Trinajstić information content (AvgIpc) is 2.60. The van der Waals surface area contributed by atoms with E-state index in [0.29, 0.717) is 5.15 Å². The largest absolute Gasteiger partial charge is 0.339 e. The molecule has 0 aliphatic carbocycles. The third-order valence-electron chi connectivity index (χ3n) is 3.07. The molecule has 0 unspecified atom stereocenters. The summed E-state index contributed by atoms with van der Waals surface area (Å²) < 4.78 is 1.86. The van der Waals surface area contributed by atoms with Crippen molar-refractivity contribution in [3.05, 3.63) is 41.3 Å². The predicted molar refractivity (Wildman–Crippen MR) is 70.4 cm³/mol. The van der Waals surface area contributed by atoms with Gasteiger partial charge in [-0.05, 0) is 24.6 Å². The van der Waals surface area contributed by atoms with Crippen molar-refractivity contribution in [2.45, 2.75) is 6.42 Å². The molecule has 0 aromatic carbocycles. The van der Waals surface area contributed by atoms with Gasteiger partial charge in [0.05, 0.1) is 5.69 Å². The van der Waals surface area contributed by atoms with Gasteiger partial charge in [0, 0.05) is 25.4 Å². The highest BCUT2D eigenvalue weighted by Crippen LogP contribution is 2.19. The van der Waals surface area contributed by atoms with Crippen LogP contribution < -0.4 is 0 Å². The average molecular weight is 262 g/mol. The van der Waals surface area contributed by atoms with E-state index >= 15 is 0 Å². The van der Waals surface area contributed by atoms with Crippen LogP contribution in [-0.2, 0) is 4.79 Å². The van der Waals surface area contributed by atoms with Gasteiger partial charge in [0.1, 0.15) is 5.65 Å². The van der Waals surface area contributed by atoms with Crippen LogP contribution in [0.25, 0.3) is 11.7 Å². The van der Waals surface area contributed by atoms with Gasteiger partial charge in [-0.2, -0.15) is 0 Å². The van der Waals surface area contributed by atoms with E-state index in [1.807, 2.05) is 28.8 Å². The van der Waals surface area contributed by atoms with E-state index in [9.17, 15) is 4.79 Å². The Balaban J connectivity index is 1.91. The molecule has 1 aliphatic heterocycles. The Labute approximate surface area is 109 Å². The quantitative estimate of drug-likeness (QED) is 0.778. The minimum absolute atomic E-state index is 0.0307. The van der Waals surface area contributed by atoms with E-state index in [1.165, 1.54) is 0 Å². The Morgan fingerprint density at radius 2 is 2.22 bits per heavy atom. The molecule has 0 spiro atoms. The number of amides is 1. The molecule has 1 amide bonds. The number of aromatic nitrogens is 2. The molecule has 0 atom stereocenters. The molecule has 2 aromatic rings. The minimum atomic E-state index is 0.0307. The molecule has 4 nitrogen and oxygen atoms in total. The summed E-state index contributed by atoms with van der Waals surface area (Å²) in [5.74, 6) is 0.0307. The minimum Gasteiger partial charge on any atom is -0.339 e. The molecule has 3 rings (SSSR count). The number of carbonyl (C=O) groups is 1. The van der Waals surface area contributed by atoms with Crippen LogP contribution in [0.3, 0.4) is 0 Å². The number of likely N-dealkylation sites (tertiary alicyclic amines) is 1. The van der Waals surface area contributed by atoms with E-state index in [2.05, 4.69) is 4.98 Å². The van der Waals surface area contributed by atoms with Gasteiger partial charge in [-0.1, -0.05) is 17.7 Å². The molecular weight excluding hydrogens is 250 g/mol. The Kier molecular flexibility index (Phi) is 2.80. The molecule has 1 aliphatic rings. The molecular formula is C13H12ClN3O. The lowest BCUT2D eigenvalue weighted by atomic mass is 10.2. The van der Waals surface area contributed by atoms with Crippen molar-refractivity contribution in [3.63, 3.8) is 0 Å². The first-order valence-electron chi connectivity index (χ1n) is 5.85. The van der Waals surface area contributed by atoms with Gasteiger partial charge in [0.25, 0.3) is 0 Å². The fourth-order valence-corrected chi connectivity index (χ4v) is 2.17. The summed E-state index contributed by atoms with van der Waals surface area (Å²) >= 11 is 6.07. The topological polar surface area (TPSA) is 37.6 Å². The van der Waals surface area contributed by atoms with Crippen molar-refractivity contribution in [1.82, 2.24) is 14.3 Å². The van der Waals surface area contributed by atoms with E-state index in [1.54, 1.807) is 17.1 Å². The van der Waals surface area contributed by atoms with Gasteiger partial charge in [-0.15, -0.1) is 0 Å². The highest BCUT2D eigenvalue weighted by Gasteiger charge is 2.17. The lowest BCUT2D eigenvalue weighted by Crippen LogP contribution is -2.40. The molecule has 0 bridgehead atoms. The maximum Gasteiger partial charge on any atom is 0.246 e. The summed E-state index contributed by atoms with van der Waals surface area (Å²) in [6.45, 7) is 1.70. The third-order valence-corrected chi connectivity index (χ3v) is 3.35. The zero-order chi connectivity index (χ0) is 12.5. The number of hydrogen-bond acceptors (Lipinski definition) is 2. The second-order valence-corrected chi connectivity index (χ2v) is 4.59. The summed E-state index contributed by atoms with van der Waals surface area (Å²) in [4.78, 5) is 17.8. The molecule has 92 valence electrons. The second-order valence-electron chi connectivity index (χ2n) is 4.23. The summed E-state index contributed by atoms with van der Waals surface area (Å²) in [5, 5.41) is 0.411. The highest BCUT2D eigenvalue weighted by molar-refractivity contribution is 6.31. The van der Waals surface area contributed by atoms with Crippen LogP contribution in [0.1, 0.15) is 12.1 Å². The molecule has 2 aromatic heterocycles. The molecule has 3 heterocycles. The summed E-state index contributed by atoms with van der Waals surface area (Å²) in [7, 11) is 0. The molecule has 0 saturated carbocycles. The van der Waals surface area contributed by atoms with Crippen molar-refractivity contribution in [2.24, 2.45) is 0 Å². The van der Waals surface area contributed by atoms with Gasteiger partial charge in [-0.25, -0.2) is 4.98 Å². The predicted octanol–water partition coefficient (Wildman–Crippen LogP) is 2.23. The molecule has 18 heavy (non-hydrogen) atoms. The number of halogens is 1. The summed E-state index contributed by atoms with van der Waals surface area (Å²) in [5.41, 5.74) is 1.51. The molecule has 1 fully saturated rings. The van der Waals surface area contributed by atoms with Crippen LogP contribution in [0.5, 0.6) is 0 Å². The van der Waals surface area contributed by atoms with Gasteiger partial charge >= 0.3 is 0 Å². The smallest absolute Gasteiger partial charge is 0.246 e. The molecule has 1 saturated heterocycles. The molecule has 5 heteroatoms. The monoisotopic (exact) mass is 261 g/mol. The number of carbonyl (C=O) groups excluding carboxylic acids is 1. The highest BCUT2D eigenvalue weighted by atomic mass is 35.5. The summed E-state index contributed by atoms with van der Waals surface area (Å²) in [6.07, 6.45) is 6.25. The van der Waals surface area contributed by atoms with Crippen molar-refractivity contribution >= 4 is 29.2 Å². The van der Waals surface area contributed by atoms with Crippen LogP contribution >= 0.6 is 11.6 Å². The number of fused-ring (bicyclic) bond motifs is 1. The number of imidazole rings is 1. The van der Waals surface area contributed by atoms with E-state index in [4.69, 9.17) is 11.6 Å². The third kappa shape index (κ3) is 1.88. The number of pyridine rings is 1. The number of nitrogens with zero attached hydrogens (tertiary/aromatic N) is 3. The number of rotatable bonds is 2. The number of hydrogen-bond donors (Lipinski definition) is 0. The maximum atomic E-state index is 11.7. The lowest BCUT2D eigenvalue weighted by Gasteiger charge is -2.29. The maximum absolute atomic E-state index is 11.7. The van der Waals surface area contributed by atoms with Crippen molar-refractivity contribution in [2.75, 3.05) is 13.1 Å². The van der Waals surface area contributed by atoms with Crippen LogP contribution in [0.4, 0.5) is 0 Å². The van der Waals surface area contributed by atoms with Crippen LogP contribution in [0.15, 0.2) is 30.5 Å². The first-order valence-corrected chi connectivity index (χ1v) is 6.23. The zero-order valence-corrected chi connectivity index (χ0v) is 10.5. The second kappa shape index (κ2) is 4.46. The first kappa shape index (κ1) is 11.3. The van der Waals surface area contributed by atoms with Gasteiger partial charge in [0.2, 0.25) is 5.91 Å². The SMILES string of the molecule is O=C(C=Cc1c(Cl)nc2ccccn12)N1CCC1. The van der Waals surface area contributed by atoms with Gasteiger partial charge in [0.15, 0.2) is 5.15 Å². The van der Waals surface area contributed by atoms with Crippen molar-refractivity contribution < 1.29 is 4.79 Å². The van der Waals surface area contributed by atoms with Crippen LogP contribution in [0, 0.1) is 0 Å². The van der Waals surface area contributed by atoms with E-state index in [0.717, 1.165) is 30.9 Å². The zero-order valence-electron chi connectivity index (χ0n) is 9.71. The Morgan fingerprint density at radius 3 is 2.94 bits per heavy atom. The van der Waals surface area contributed by atoms with E-state index in [-0.39, 0.29) is 5.91 Å². The van der Waals surface area contributed by atoms with E-state index < -0.39 is 0 Å². The van der Waals surface area contributed by atoms with Crippen LogP contribution in [0.2, 0.25) is 5.15 Å². The fraction of sp³-hybridized carbons (Fsp3) is 0.231. The first-order chi connectivity index (χ1) is 8.75. The lowest BCUT2D eigenvalue weighted by molar-refractivity contribution is -0.129.